The molecule has 2 fully saturated rings. The number of carbonyl (C=O) groups is 1. The highest BCUT2D eigenvalue weighted by atomic mass is 19.4. The van der Waals surface area contributed by atoms with Gasteiger partial charge in [-0.05, 0) is 25.2 Å². The molecule has 4 nitrogen and oxygen atoms in total. The molecular weight excluding hydrogens is 253 g/mol. The molecule has 2 unspecified atom stereocenters. The van der Waals surface area contributed by atoms with E-state index in [0.29, 0.717) is 0 Å². The summed E-state index contributed by atoms with van der Waals surface area (Å²) in [4.78, 5) is 11.4. The maximum absolute atomic E-state index is 12.0. The van der Waals surface area contributed by atoms with Crippen molar-refractivity contribution in [1.82, 2.24) is 0 Å². The van der Waals surface area contributed by atoms with Crippen LogP contribution in [0.3, 0.4) is 0 Å². The summed E-state index contributed by atoms with van der Waals surface area (Å²) in [5.74, 6) is -0.975. The van der Waals surface area contributed by atoms with Crippen LogP contribution in [0.1, 0.15) is 19.3 Å². The molecule has 1 heterocycles. The molecule has 0 amide bonds. The number of carboxylic acids is 1. The van der Waals surface area contributed by atoms with Crippen molar-refractivity contribution in [3.05, 3.63) is 0 Å². The van der Waals surface area contributed by atoms with Crippen molar-refractivity contribution in [2.75, 3.05) is 19.8 Å². The van der Waals surface area contributed by atoms with Crippen molar-refractivity contribution < 1.29 is 32.5 Å². The van der Waals surface area contributed by atoms with E-state index < -0.39 is 36.9 Å². The molecule has 0 radical (unpaired) electrons. The molecule has 0 bridgehead atoms. The lowest BCUT2D eigenvalue weighted by atomic mass is 9.79. The van der Waals surface area contributed by atoms with Crippen LogP contribution in [0.5, 0.6) is 0 Å². The van der Waals surface area contributed by atoms with Crippen LogP contribution in [0, 0.1) is 11.3 Å². The van der Waals surface area contributed by atoms with Gasteiger partial charge in [-0.15, -0.1) is 0 Å². The Kier molecular flexibility index (Phi) is 3.55. The molecule has 0 aromatic rings. The van der Waals surface area contributed by atoms with Crippen molar-refractivity contribution in [1.29, 1.82) is 0 Å². The van der Waals surface area contributed by atoms with E-state index in [1.807, 2.05) is 0 Å². The van der Waals surface area contributed by atoms with Gasteiger partial charge in [0, 0.05) is 6.61 Å². The predicted octanol–water partition coefficient (Wildman–Crippen LogP) is 1.84. The monoisotopic (exact) mass is 268 g/mol. The third kappa shape index (κ3) is 2.77. The summed E-state index contributed by atoms with van der Waals surface area (Å²) >= 11 is 0. The fraction of sp³-hybridized carbons (Fsp3) is 0.909. The van der Waals surface area contributed by atoms with Gasteiger partial charge in [0.05, 0.1) is 12.7 Å². The van der Waals surface area contributed by atoms with Gasteiger partial charge < -0.3 is 14.6 Å². The number of rotatable bonds is 5. The van der Waals surface area contributed by atoms with Crippen LogP contribution in [0.4, 0.5) is 13.2 Å². The van der Waals surface area contributed by atoms with E-state index in [2.05, 4.69) is 4.74 Å². The molecule has 0 aromatic carbocycles. The van der Waals surface area contributed by atoms with Gasteiger partial charge in [-0.25, -0.2) is 0 Å². The minimum absolute atomic E-state index is 0.151. The maximum atomic E-state index is 12.0. The number of carboxylic acid groups (broad SMARTS) is 1. The van der Waals surface area contributed by atoms with Gasteiger partial charge in [-0.2, -0.15) is 13.2 Å². The van der Waals surface area contributed by atoms with Crippen LogP contribution in [0.25, 0.3) is 0 Å². The number of hydrogen-bond acceptors (Lipinski definition) is 3. The van der Waals surface area contributed by atoms with Crippen LogP contribution in [0.15, 0.2) is 0 Å². The Morgan fingerprint density at radius 1 is 1.44 bits per heavy atom. The molecule has 0 aromatic heterocycles. The summed E-state index contributed by atoms with van der Waals surface area (Å²) in [5.41, 5.74) is -1.31. The quantitative estimate of drug-likeness (QED) is 0.826. The number of alkyl halides is 3. The Hall–Kier alpha value is -0.820. The Morgan fingerprint density at radius 3 is 2.61 bits per heavy atom. The highest BCUT2D eigenvalue weighted by Gasteiger charge is 2.56. The van der Waals surface area contributed by atoms with Crippen LogP contribution in [0.2, 0.25) is 0 Å². The van der Waals surface area contributed by atoms with Crippen LogP contribution in [-0.2, 0) is 14.3 Å². The minimum Gasteiger partial charge on any atom is -0.481 e. The second-order valence-corrected chi connectivity index (χ2v) is 4.95. The molecule has 1 saturated heterocycles. The first-order valence-electron chi connectivity index (χ1n) is 5.85. The summed E-state index contributed by atoms with van der Waals surface area (Å²) in [6, 6.07) is 0. The normalized spacial score (nSPS) is 32.7. The van der Waals surface area contributed by atoms with E-state index in [4.69, 9.17) is 4.74 Å². The summed E-state index contributed by atoms with van der Waals surface area (Å²) in [6.07, 6.45) is -2.99. The van der Waals surface area contributed by atoms with Gasteiger partial charge in [-0.3, -0.25) is 4.79 Å². The minimum atomic E-state index is -4.44. The lowest BCUT2D eigenvalue weighted by Crippen LogP contribution is -2.44. The zero-order valence-corrected chi connectivity index (χ0v) is 9.70. The zero-order valence-electron chi connectivity index (χ0n) is 9.70. The summed E-state index contributed by atoms with van der Waals surface area (Å²) in [7, 11) is 0. The van der Waals surface area contributed by atoms with Crippen LogP contribution in [-0.4, -0.2) is 43.2 Å². The average molecular weight is 268 g/mol. The first-order valence-corrected chi connectivity index (χ1v) is 5.85. The smallest absolute Gasteiger partial charge is 0.411 e. The molecule has 0 spiro atoms. The first-order chi connectivity index (χ1) is 8.35. The number of aliphatic carboxylic acids is 1. The lowest BCUT2D eigenvalue weighted by molar-refractivity contribution is -0.190. The van der Waals surface area contributed by atoms with E-state index in [-0.39, 0.29) is 18.9 Å². The Balaban J connectivity index is 2.00. The van der Waals surface area contributed by atoms with Crippen molar-refractivity contribution in [2.45, 2.75) is 31.5 Å². The largest absolute Gasteiger partial charge is 0.481 e. The summed E-state index contributed by atoms with van der Waals surface area (Å²) < 4.78 is 46.0. The van der Waals surface area contributed by atoms with E-state index in [1.54, 1.807) is 0 Å². The van der Waals surface area contributed by atoms with Crippen molar-refractivity contribution >= 4 is 5.97 Å². The number of hydrogen-bond donors (Lipinski definition) is 1. The first kappa shape index (κ1) is 13.6. The standard InChI is InChI=1S/C11H15F3O4/c12-11(13,14)6-17-5-10(9(15)16)3-4-18-8(10)7-1-2-7/h7-8H,1-6H2,(H,15,16). The topological polar surface area (TPSA) is 55.8 Å². The number of halogens is 3. The Morgan fingerprint density at radius 2 is 2.11 bits per heavy atom. The van der Waals surface area contributed by atoms with E-state index in [0.717, 1.165) is 12.8 Å². The Bertz CT molecular complexity index is 327. The predicted molar refractivity (Wildman–Crippen MR) is 54.0 cm³/mol. The lowest BCUT2D eigenvalue weighted by Gasteiger charge is -2.29. The number of ether oxygens (including phenoxy) is 2. The van der Waals surface area contributed by atoms with E-state index in [1.165, 1.54) is 0 Å². The van der Waals surface area contributed by atoms with Gasteiger partial charge in [0.25, 0.3) is 0 Å². The molecule has 7 heteroatoms. The average Bonchev–Trinajstić information content (AvgIpc) is 2.98. The van der Waals surface area contributed by atoms with Crippen molar-refractivity contribution in [3.63, 3.8) is 0 Å². The molecule has 18 heavy (non-hydrogen) atoms. The van der Waals surface area contributed by atoms with Crippen LogP contribution < -0.4 is 0 Å². The van der Waals surface area contributed by atoms with E-state index >= 15 is 0 Å². The molecule has 2 atom stereocenters. The SMILES string of the molecule is O=C(O)C1(COCC(F)(F)F)CCOC1C1CC1. The summed E-state index contributed by atoms with van der Waals surface area (Å²) in [6.45, 7) is -1.59. The molecule has 1 aliphatic carbocycles. The van der Waals surface area contributed by atoms with Gasteiger partial charge in [0.15, 0.2) is 0 Å². The van der Waals surface area contributed by atoms with Gasteiger partial charge in [0.2, 0.25) is 0 Å². The molecule has 1 aliphatic heterocycles. The van der Waals surface area contributed by atoms with Gasteiger partial charge >= 0.3 is 12.1 Å². The van der Waals surface area contributed by atoms with Gasteiger partial charge in [0.1, 0.15) is 12.0 Å². The molecular formula is C11H15F3O4. The fourth-order valence-electron chi connectivity index (χ4n) is 2.45. The molecule has 1 N–H and O–H groups in total. The van der Waals surface area contributed by atoms with Crippen LogP contribution >= 0.6 is 0 Å². The second-order valence-electron chi connectivity index (χ2n) is 4.95. The highest BCUT2D eigenvalue weighted by molar-refractivity contribution is 5.76. The Labute approximate surface area is 102 Å². The fourth-order valence-corrected chi connectivity index (χ4v) is 2.45. The molecule has 2 aliphatic rings. The molecule has 104 valence electrons. The highest BCUT2D eigenvalue weighted by Crippen LogP contribution is 2.48. The third-order valence-corrected chi connectivity index (χ3v) is 3.49. The molecule has 1 saturated carbocycles. The second kappa shape index (κ2) is 4.70. The third-order valence-electron chi connectivity index (χ3n) is 3.49. The molecule has 2 rings (SSSR count). The van der Waals surface area contributed by atoms with Gasteiger partial charge in [-0.1, -0.05) is 0 Å². The maximum Gasteiger partial charge on any atom is 0.411 e. The summed E-state index contributed by atoms with van der Waals surface area (Å²) in [5, 5.41) is 9.30. The van der Waals surface area contributed by atoms with Crippen molar-refractivity contribution in [2.24, 2.45) is 11.3 Å². The van der Waals surface area contributed by atoms with Crippen molar-refractivity contribution in [3.8, 4) is 0 Å². The zero-order chi connectivity index (χ0) is 13.4. The van der Waals surface area contributed by atoms with E-state index in [9.17, 15) is 23.1 Å².